The van der Waals surface area contributed by atoms with Crippen LogP contribution in [-0.4, -0.2) is 26.9 Å². The van der Waals surface area contributed by atoms with Gasteiger partial charge in [0, 0.05) is 11.6 Å². The normalized spacial score (nSPS) is 12.5. The molecule has 1 amide bonds. The van der Waals surface area contributed by atoms with Gasteiger partial charge in [0.25, 0.3) is 15.9 Å². The Bertz CT molecular complexity index is 958. The summed E-state index contributed by atoms with van der Waals surface area (Å²) in [6.07, 6.45) is 1.49. The summed E-state index contributed by atoms with van der Waals surface area (Å²) in [5, 5.41) is 3.20. The van der Waals surface area contributed by atoms with Crippen LogP contribution in [0.1, 0.15) is 31.1 Å². The van der Waals surface area contributed by atoms with E-state index >= 15 is 0 Å². The Morgan fingerprint density at radius 1 is 1.18 bits per heavy atom. The van der Waals surface area contributed by atoms with Gasteiger partial charge >= 0.3 is 0 Å². The summed E-state index contributed by atoms with van der Waals surface area (Å²) in [5.41, 5.74) is 0.638. The number of nitrogens with one attached hydrogen (secondary N) is 1. The molecule has 0 fully saturated rings. The van der Waals surface area contributed by atoms with Gasteiger partial charge < -0.3 is 5.32 Å². The van der Waals surface area contributed by atoms with Crippen LogP contribution in [0.3, 0.4) is 0 Å². The Hall–Kier alpha value is -2.31. The number of anilines is 1. The molecule has 2 aromatic rings. The standard InChI is InChI=1S/C21H25ClN2O3S/c1-5-13-24(20-12-7-6-11-19(20)22)28(26,27)18-10-8-9-17(14-18)21(25)23-16(4)15(2)3/h5-12,14-16H,1,13H2,2-4H3,(H,23,25). The summed E-state index contributed by atoms with van der Waals surface area (Å²) in [6.45, 7) is 9.61. The minimum Gasteiger partial charge on any atom is -0.349 e. The molecule has 1 atom stereocenters. The van der Waals surface area contributed by atoms with Gasteiger partial charge in [0.05, 0.1) is 22.2 Å². The summed E-state index contributed by atoms with van der Waals surface area (Å²) in [7, 11) is -3.94. The molecule has 28 heavy (non-hydrogen) atoms. The molecule has 150 valence electrons. The van der Waals surface area contributed by atoms with E-state index in [0.29, 0.717) is 10.7 Å². The van der Waals surface area contributed by atoms with Gasteiger partial charge in [-0.3, -0.25) is 9.10 Å². The van der Waals surface area contributed by atoms with Gasteiger partial charge in [-0.2, -0.15) is 0 Å². The summed E-state index contributed by atoms with van der Waals surface area (Å²) < 4.78 is 27.7. The van der Waals surface area contributed by atoms with Crippen LogP contribution in [0, 0.1) is 5.92 Å². The van der Waals surface area contributed by atoms with E-state index in [1.165, 1.54) is 22.5 Å². The molecule has 5 nitrogen and oxygen atoms in total. The largest absolute Gasteiger partial charge is 0.349 e. The molecule has 1 N–H and O–H groups in total. The summed E-state index contributed by atoms with van der Waals surface area (Å²) in [4.78, 5) is 12.5. The molecule has 1 unspecified atom stereocenters. The quantitative estimate of drug-likeness (QED) is 0.639. The van der Waals surface area contributed by atoms with Crippen LogP contribution in [0.25, 0.3) is 0 Å². The Balaban J connectivity index is 2.43. The van der Waals surface area contributed by atoms with E-state index in [0.717, 1.165) is 0 Å². The zero-order valence-corrected chi connectivity index (χ0v) is 17.8. The van der Waals surface area contributed by atoms with Crippen LogP contribution < -0.4 is 9.62 Å². The minimum atomic E-state index is -3.94. The molecule has 0 aliphatic rings. The number of halogens is 1. The lowest BCUT2D eigenvalue weighted by atomic mass is 10.1. The van der Waals surface area contributed by atoms with E-state index in [1.807, 2.05) is 20.8 Å². The van der Waals surface area contributed by atoms with Crippen LogP contribution in [-0.2, 0) is 10.0 Å². The first kappa shape index (κ1) is 22.0. The van der Waals surface area contributed by atoms with E-state index in [2.05, 4.69) is 11.9 Å². The zero-order chi connectivity index (χ0) is 20.9. The predicted octanol–water partition coefficient (Wildman–Crippen LogP) is 4.50. The van der Waals surface area contributed by atoms with Crippen molar-refractivity contribution in [2.75, 3.05) is 10.8 Å². The molecule has 0 heterocycles. The minimum absolute atomic E-state index is 0.0131. The predicted molar refractivity (Wildman–Crippen MR) is 114 cm³/mol. The van der Waals surface area contributed by atoms with Crippen LogP contribution in [0.5, 0.6) is 0 Å². The number of hydrogen-bond donors (Lipinski definition) is 1. The highest BCUT2D eigenvalue weighted by molar-refractivity contribution is 7.92. The Morgan fingerprint density at radius 3 is 2.46 bits per heavy atom. The van der Waals surface area contributed by atoms with Crippen molar-refractivity contribution in [2.24, 2.45) is 5.92 Å². The van der Waals surface area contributed by atoms with E-state index < -0.39 is 10.0 Å². The first-order valence-corrected chi connectivity index (χ1v) is 10.8. The van der Waals surface area contributed by atoms with E-state index in [-0.39, 0.29) is 34.9 Å². The highest BCUT2D eigenvalue weighted by atomic mass is 35.5. The fourth-order valence-electron chi connectivity index (χ4n) is 2.48. The number of carbonyl (C=O) groups is 1. The van der Waals surface area contributed by atoms with Crippen molar-refractivity contribution in [2.45, 2.75) is 31.7 Å². The van der Waals surface area contributed by atoms with Gasteiger partial charge in [0.1, 0.15) is 0 Å². The summed E-state index contributed by atoms with van der Waals surface area (Å²) in [6, 6.07) is 12.7. The average Bonchev–Trinajstić information content (AvgIpc) is 2.66. The van der Waals surface area contributed by atoms with E-state index in [1.54, 1.807) is 36.4 Å². The second kappa shape index (κ2) is 9.26. The maximum atomic E-state index is 13.3. The van der Waals surface area contributed by atoms with Gasteiger partial charge in [0.15, 0.2) is 0 Å². The zero-order valence-electron chi connectivity index (χ0n) is 16.2. The molecule has 0 aliphatic heterocycles. The number of amides is 1. The average molecular weight is 421 g/mol. The molecular formula is C21H25ClN2O3S. The SMILES string of the molecule is C=CCN(c1ccccc1Cl)S(=O)(=O)c1cccc(C(=O)NC(C)C(C)C)c1. The second-order valence-electron chi connectivity index (χ2n) is 6.81. The van der Waals surface area contributed by atoms with Crippen molar-refractivity contribution in [1.29, 1.82) is 0 Å². The lowest BCUT2D eigenvalue weighted by Crippen LogP contribution is -2.36. The molecule has 0 bridgehead atoms. The highest BCUT2D eigenvalue weighted by Gasteiger charge is 2.26. The molecule has 0 aliphatic carbocycles. The van der Waals surface area contributed by atoms with Gasteiger partial charge in [-0.1, -0.05) is 49.7 Å². The third-order valence-electron chi connectivity index (χ3n) is 4.46. The van der Waals surface area contributed by atoms with Gasteiger partial charge in [-0.15, -0.1) is 6.58 Å². The van der Waals surface area contributed by atoms with Crippen LogP contribution in [0.4, 0.5) is 5.69 Å². The molecule has 0 saturated heterocycles. The monoisotopic (exact) mass is 420 g/mol. The van der Waals surface area contributed by atoms with Gasteiger partial charge in [-0.25, -0.2) is 8.42 Å². The number of hydrogen-bond acceptors (Lipinski definition) is 3. The Morgan fingerprint density at radius 2 is 1.86 bits per heavy atom. The fourth-order valence-corrected chi connectivity index (χ4v) is 4.27. The fraction of sp³-hybridized carbons (Fsp3) is 0.286. The van der Waals surface area contributed by atoms with Crippen LogP contribution in [0.15, 0.2) is 66.1 Å². The Labute approximate surface area is 172 Å². The summed E-state index contributed by atoms with van der Waals surface area (Å²) in [5.74, 6) is -0.0505. The molecule has 0 spiro atoms. The molecule has 0 saturated carbocycles. The van der Waals surface area contributed by atoms with Crippen molar-refractivity contribution in [3.63, 3.8) is 0 Å². The Kier molecular flexibility index (Phi) is 7.27. The molecule has 0 aromatic heterocycles. The first-order valence-electron chi connectivity index (χ1n) is 8.97. The van der Waals surface area contributed by atoms with Gasteiger partial charge in [0.2, 0.25) is 0 Å². The van der Waals surface area contributed by atoms with Crippen molar-refractivity contribution in [3.8, 4) is 0 Å². The topological polar surface area (TPSA) is 66.5 Å². The third kappa shape index (κ3) is 4.94. The number of nitrogens with zero attached hydrogens (tertiary/aromatic N) is 1. The maximum absolute atomic E-state index is 13.3. The second-order valence-corrected chi connectivity index (χ2v) is 9.08. The lowest BCUT2D eigenvalue weighted by molar-refractivity contribution is 0.0930. The molecule has 7 heteroatoms. The number of rotatable bonds is 8. The number of sulfonamides is 1. The van der Waals surface area contributed by atoms with Crippen LogP contribution in [0.2, 0.25) is 5.02 Å². The molecule has 2 rings (SSSR count). The van der Waals surface area contributed by atoms with E-state index in [4.69, 9.17) is 11.6 Å². The number of benzene rings is 2. The van der Waals surface area contributed by atoms with Crippen LogP contribution >= 0.6 is 11.6 Å². The molecule has 0 radical (unpaired) electrons. The van der Waals surface area contributed by atoms with E-state index in [9.17, 15) is 13.2 Å². The molecular weight excluding hydrogens is 396 g/mol. The van der Waals surface area contributed by atoms with Crippen molar-refractivity contribution in [3.05, 3.63) is 71.8 Å². The smallest absolute Gasteiger partial charge is 0.264 e. The summed E-state index contributed by atoms with van der Waals surface area (Å²) >= 11 is 6.21. The lowest BCUT2D eigenvalue weighted by Gasteiger charge is -2.24. The highest BCUT2D eigenvalue weighted by Crippen LogP contribution is 2.30. The van der Waals surface area contributed by atoms with Crippen molar-refractivity contribution < 1.29 is 13.2 Å². The number of para-hydroxylation sites is 1. The van der Waals surface area contributed by atoms with Gasteiger partial charge in [-0.05, 0) is 43.2 Å². The number of carbonyl (C=O) groups excluding carboxylic acids is 1. The van der Waals surface area contributed by atoms with Crippen molar-refractivity contribution in [1.82, 2.24) is 5.32 Å². The van der Waals surface area contributed by atoms with Crippen molar-refractivity contribution >= 4 is 33.2 Å². The third-order valence-corrected chi connectivity index (χ3v) is 6.55. The molecule has 2 aromatic carbocycles. The first-order chi connectivity index (χ1) is 13.2. The maximum Gasteiger partial charge on any atom is 0.264 e.